The van der Waals surface area contributed by atoms with E-state index in [1.807, 2.05) is 4.94 Å². The maximum atomic E-state index is 11.1. The van der Waals surface area contributed by atoms with Crippen LogP contribution < -0.4 is 10.4 Å². The molecule has 0 saturated heterocycles. The minimum absolute atomic E-state index is 0.304. The van der Waals surface area contributed by atoms with Gasteiger partial charge in [-0.3, -0.25) is 10.2 Å². The second kappa shape index (κ2) is 4.30. The van der Waals surface area contributed by atoms with Crippen molar-refractivity contribution < 1.29 is 4.79 Å². The molecule has 0 aromatic heterocycles. The number of hydrogen-bond acceptors (Lipinski definition) is 2. The van der Waals surface area contributed by atoms with Gasteiger partial charge < -0.3 is 0 Å². The Morgan fingerprint density at radius 2 is 1.83 bits per heavy atom. The summed E-state index contributed by atoms with van der Waals surface area (Å²) in [5.41, 5.74) is 2.71. The Balaban J connectivity index is 2.75. The number of rotatable bonds is 2. The lowest BCUT2D eigenvalue weighted by molar-refractivity contribution is 0.0946. The monoisotopic (exact) mass is 204 g/mol. The van der Waals surface area contributed by atoms with Crippen LogP contribution in [0, 0.1) is 0 Å². The molecular formula is C7H6Cl2N2O. The van der Waals surface area contributed by atoms with Crippen LogP contribution in [0.25, 0.3) is 0 Å². The maximum Gasteiger partial charge on any atom is 0.266 e. The van der Waals surface area contributed by atoms with Crippen molar-refractivity contribution in [1.29, 1.82) is 0 Å². The van der Waals surface area contributed by atoms with Crippen LogP contribution in [0.15, 0.2) is 24.3 Å². The van der Waals surface area contributed by atoms with Gasteiger partial charge in [0.05, 0.1) is 0 Å². The van der Waals surface area contributed by atoms with Gasteiger partial charge in [-0.1, -0.05) is 11.6 Å². The van der Waals surface area contributed by atoms with Gasteiger partial charge >= 0.3 is 0 Å². The molecule has 64 valence electrons. The molecule has 1 amide bonds. The van der Waals surface area contributed by atoms with Crippen LogP contribution in [-0.4, -0.2) is 5.91 Å². The van der Waals surface area contributed by atoms with Gasteiger partial charge in [0.15, 0.2) is 0 Å². The predicted molar refractivity (Wildman–Crippen MR) is 47.9 cm³/mol. The van der Waals surface area contributed by atoms with Gasteiger partial charge in [0.25, 0.3) is 5.91 Å². The molecule has 0 aliphatic rings. The number of hydrogen-bond donors (Lipinski definition) is 2. The molecule has 1 aromatic carbocycles. The number of carbonyl (C=O) groups is 1. The van der Waals surface area contributed by atoms with Crippen LogP contribution in [0.2, 0.25) is 5.02 Å². The minimum Gasteiger partial charge on any atom is -0.273 e. The van der Waals surface area contributed by atoms with Crippen LogP contribution in [0.5, 0.6) is 0 Å². The van der Waals surface area contributed by atoms with E-state index in [1.165, 1.54) is 0 Å². The average Bonchev–Trinajstić information content (AvgIpc) is 2.06. The zero-order valence-electron chi connectivity index (χ0n) is 5.97. The van der Waals surface area contributed by atoms with Crippen molar-refractivity contribution in [1.82, 2.24) is 10.4 Å². The molecule has 1 aromatic rings. The first-order valence-electron chi connectivity index (χ1n) is 3.15. The maximum absolute atomic E-state index is 11.1. The Morgan fingerprint density at radius 3 is 2.33 bits per heavy atom. The summed E-state index contributed by atoms with van der Waals surface area (Å²) in [5.74, 6) is -0.304. The van der Waals surface area contributed by atoms with E-state index in [4.69, 9.17) is 23.4 Å². The fourth-order valence-electron chi connectivity index (χ4n) is 0.716. The zero-order valence-corrected chi connectivity index (χ0v) is 7.49. The van der Waals surface area contributed by atoms with Crippen LogP contribution in [-0.2, 0) is 0 Å². The van der Waals surface area contributed by atoms with Crippen molar-refractivity contribution in [3.8, 4) is 0 Å². The number of nitrogens with one attached hydrogen (secondary N) is 2. The Morgan fingerprint density at radius 1 is 1.25 bits per heavy atom. The predicted octanol–water partition coefficient (Wildman–Crippen LogP) is 1.73. The van der Waals surface area contributed by atoms with Crippen molar-refractivity contribution in [3.05, 3.63) is 34.9 Å². The molecule has 0 aliphatic heterocycles. The van der Waals surface area contributed by atoms with E-state index in [1.54, 1.807) is 24.3 Å². The number of carbonyl (C=O) groups excluding carboxylic acids is 1. The molecule has 0 radical (unpaired) electrons. The first-order chi connectivity index (χ1) is 5.74. The topological polar surface area (TPSA) is 41.1 Å². The molecule has 2 N–H and O–H groups in total. The molecule has 1 rings (SSSR count). The van der Waals surface area contributed by atoms with Crippen LogP contribution >= 0.6 is 23.4 Å². The molecule has 0 fully saturated rings. The molecule has 0 spiro atoms. The third kappa shape index (κ3) is 2.37. The number of hydrazine groups is 1. The first kappa shape index (κ1) is 9.32. The van der Waals surface area contributed by atoms with Gasteiger partial charge in [-0.15, -0.1) is 4.94 Å². The van der Waals surface area contributed by atoms with Crippen LogP contribution in [0.3, 0.4) is 0 Å². The van der Waals surface area contributed by atoms with E-state index < -0.39 is 0 Å². The average molecular weight is 205 g/mol. The summed E-state index contributed by atoms with van der Waals surface area (Å²) in [7, 11) is 0. The molecule has 5 heteroatoms. The zero-order chi connectivity index (χ0) is 8.97. The molecule has 0 aliphatic carbocycles. The fourth-order valence-corrected chi connectivity index (χ4v) is 0.928. The Bertz CT molecular complexity index is 273. The lowest BCUT2D eigenvalue weighted by atomic mass is 10.2. The second-order valence-electron chi connectivity index (χ2n) is 2.06. The van der Waals surface area contributed by atoms with Gasteiger partial charge in [-0.25, -0.2) is 0 Å². The smallest absolute Gasteiger partial charge is 0.266 e. The normalized spacial score (nSPS) is 9.50. The Hall–Kier alpha value is -0.770. The first-order valence-corrected chi connectivity index (χ1v) is 3.91. The van der Waals surface area contributed by atoms with E-state index in [-0.39, 0.29) is 5.91 Å². The van der Waals surface area contributed by atoms with Crippen LogP contribution in [0.4, 0.5) is 0 Å². The van der Waals surface area contributed by atoms with Gasteiger partial charge in [-0.2, -0.15) is 0 Å². The van der Waals surface area contributed by atoms with Crippen molar-refractivity contribution in [3.63, 3.8) is 0 Å². The molecule has 0 bridgehead atoms. The Kier molecular flexibility index (Phi) is 3.34. The van der Waals surface area contributed by atoms with E-state index in [0.717, 1.165) is 0 Å². The summed E-state index contributed by atoms with van der Waals surface area (Å²) >= 11 is 10.7. The largest absolute Gasteiger partial charge is 0.273 e. The summed E-state index contributed by atoms with van der Waals surface area (Å²) in [4.78, 5) is 13.1. The number of halogens is 2. The summed E-state index contributed by atoms with van der Waals surface area (Å²) in [6.45, 7) is 0. The fraction of sp³-hybridized carbons (Fsp3) is 0. The molecule has 12 heavy (non-hydrogen) atoms. The van der Waals surface area contributed by atoms with Gasteiger partial charge in [0, 0.05) is 10.6 Å². The quantitative estimate of drug-likeness (QED) is 0.570. The van der Waals surface area contributed by atoms with E-state index in [0.29, 0.717) is 10.6 Å². The highest BCUT2D eigenvalue weighted by atomic mass is 35.5. The summed E-state index contributed by atoms with van der Waals surface area (Å²) < 4.78 is 0. The Labute approximate surface area is 79.7 Å². The highest BCUT2D eigenvalue weighted by Gasteiger charge is 2.02. The number of amides is 1. The summed E-state index contributed by atoms with van der Waals surface area (Å²) in [5, 5.41) is 0.588. The number of benzene rings is 1. The van der Waals surface area contributed by atoms with E-state index in [2.05, 4.69) is 5.43 Å². The SMILES string of the molecule is O=C(NNCl)c1ccc(Cl)cc1. The standard InChI is InChI=1S/C7H6Cl2N2O/c8-6-3-1-5(2-4-6)7(12)10-11-9/h1-4,11H,(H,10,12). The molecular weight excluding hydrogens is 199 g/mol. The third-order valence-corrected chi connectivity index (χ3v) is 1.61. The molecule has 0 heterocycles. The van der Waals surface area contributed by atoms with Gasteiger partial charge in [0.1, 0.15) is 0 Å². The van der Waals surface area contributed by atoms with Crippen molar-refractivity contribution in [2.24, 2.45) is 0 Å². The second-order valence-corrected chi connectivity index (χ2v) is 2.68. The highest BCUT2D eigenvalue weighted by molar-refractivity contribution is 6.30. The summed E-state index contributed by atoms with van der Waals surface area (Å²) in [6.07, 6.45) is 0. The molecule has 0 saturated carbocycles. The lowest BCUT2D eigenvalue weighted by Crippen LogP contribution is -2.30. The van der Waals surface area contributed by atoms with E-state index in [9.17, 15) is 4.79 Å². The summed E-state index contributed by atoms with van der Waals surface area (Å²) in [6, 6.07) is 6.47. The molecule has 0 atom stereocenters. The van der Waals surface area contributed by atoms with Crippen molar-refractivity contribution >= 4 is 29.3 Å². The van der Waals surface area contributed by atoms with Gasteiger partial charge in [-0.05, 0) is 36.0 Å². The van der Waals surface area contributed by atoms with Crippen molar-refractivity contribution in [2.75, 3.05) is 0 Å². The van der Waals surface area contributed by atoms with E-state index >= 15 is 0 Å². The molecule has 3 nitrogen and oxygen atoms in total. The van der Waals surface area contributed by atoms with Gasteiger partial charge in [0.2, 0.25) is 0 Å². The third-order valence-electron chi connectivity index (χ3n) is 1.27. The van der Waals surface area contributed by atoms with Crippen LogP contribution in [0.1, 0.15) is 10.4 Å². The molecule has 0 unspecified atom stereocenters. The lowest BCUT2D eigenvalue weighted by Gasteiger charge is -2.00. The highest BCUT2D eigenvalue weighted by Crippen LogP contribution is 2.08. The minimum atomic E-state index is -0.304. The van der Waals surface area contributed by atoms with Crippen molar-refractivity contribution in [2.45, 2.75) is 0 Å².